The number of hydrogen-bond donors (Lipinski definition) is 1. The highest BCUT2D eigenvalue weighted by molar-refractivity contribution is 5.10. The van der Waals surface area contributed by atoms with Gasteiger partial charge in [-0.1, -0.05) is 0 Å². The van der Waals surface area contributed by atoms with E-state index in [9.17, 15) is 0 Å². The molecule has 1 aromatic rings. The van der Waals surface area contributed by atoms with Crippen molar-refractivity contribution in [3.63, 3.8) is 0 Å². The maximum atomic E-state index is 5.78. The number of ether oxygens (including phenoxy) is 2. The fraction of sp³-hybridized carbons (Fsp3) is 0.714. The van der Waals surface area contributed by atoms with E-state index in [2.05, 4.69) is 40.3 Å². The molecule has 108 valence electrons. The van der Waals surface area contributed by atoms with Gasteiger partial charge in [-0.3, -0.25) is 0 Å². The van der Waals surface area contributed by atoms with E-state index >= 15 is 0 Å². The smallest absolute Gasteiger partial charge is 0.0880 e. The van der Waals surface area contributed by atoms with E-state index < -0.39 is 0 Å². The molecule has 0 aromatic carbocycles. The fourth-order valence-corrected chi connectivity index (χ4v) is 2.33. The van der Waals surface area contributed by atoms with Gasteiger partial charge in [-0.25, -0.2) is 0 Å². The fourth-order valence-electron chi connectivity index (χ4n) is 2.33. The maximum absolute atomic E-state index is 5.78. The van der Waals surface area contributed by atoms with Crippen molar-refractivity contribution in [2.24, 2.45) is 0 Å². The van der Waals surface area contributed by atoms with Crippen LogP contribution in [-0.2, 0) is 22.6 Å². The summed E-state index contributed by atoms with van der Waals surface area (Å²) in [6.07, 6.45) is 4.63. The van der Waals surface area contributed by atoms with Gasteiger partial charge >= 0.3 is 0 Å². The van der Waals surface area contributed by atoms with Crippen LogP contribution in [0.3, 0.4) is 0 Å². The summed E-state index contributed by atoms with van der Waals surface area (Å²) in [6, 6.07) is 2.16. The van der Waals surface area contributed by atoms with E-state index in [1.807, 2.05) is 0 Å². The summed E-state index contributed by atoms with van der Waals surface area (Å²) in [6.45, 7) is 6.36. The van der Waals surface area contributed by atoms with Crippen LogP contribution in [0.15, 0.2) is 18.5 Å². The predicted molar refractivity (Wildman–Crippen MR) is 75.3 cm³/mol. The molecule has 1 aromatic heterocycles. The lowest BCUT2D eigenvalue weighted by atomic mass is 10.3. The molecule has 1 unspecified atom stereocenters. The summed E-state index contributed by atoms with van der Waals surface area (Å²) < 4.78 is 13.0. The Morgan fingerprint density at radius 2 is 2.42 bits per heavy atom. The molecule has 0 aliphatic carbocycles. The van der Waals surface area contributed by atoms with Crippen LogP contribution in [0, 0.1) is 0 Å². The first-order chi connectivity index (χ1) is 9.28. The summed E-state index contributed by atoms with van der Waals surface area (Å²) in [7, 11) is 3.87. The maximum Gasteiger partial charge on any atom is 0.0880 e. The topological polar surface area (TPSA) is 38.7 Å². The molecule has 2 rings (SSSR count). The van der Waals surface area contributed by atoms with Crippen LogP contribution in [-0.4, -0.2) is 62.6 Å². The molecule has 1 atom stereocenters. The summed E-state index contributed by atoms with van der Waals surface area (Å²) in [4.78, 5) is 2.32. The quantitative estimate of drug-likeness (QED) is 0.733. The van der Waals surface area contributed by atoms with E-state index in [4.69, 9.17) is 9.47 Å². The molecule has 0 bridgehead atoms. The SMILES string of the molecule is COCCNCc1ccn(CC2CN(C)CCO2)c1. The zero-order chi connectivity index (χ0) is 13.5. The lowest BCUT2D eigenvalue weighted by molar-refractivity contribution is -0.0274. The van der Waals surface area contributed by atoms with Crippen LogP contribution in [0.25, 0.3) is 0 Å². The first-order valence-electron chi connectivity index (χ1n) is 6.92. The Morgan fingerprint density at radius 3 is 3.21 bits per heavy atom. The van der Waals surface area contributed by atoms with Crippen LogP contribution in [0.5, 0.6) is 0 Å². The monoisotopic (exact) mass is 267 g/mol. The summed E-state index contributed by atoms with van der Waals surface area (Å²) in [5.74, 6) is 0. The van der Waals surface area contributed by atoms with E-state index in [0.29, 0.717) is 6.10 Å². The van der Waals surface area contributed by atoms with Gasteiger partial charge in [0.1, 0.15) is 0 Å². The number of nitrogens with one attached hydrogen (secondary N) is 1. The number of hydrogen-bond acceptors (Lipinski definition) is 4. The Morgan fingerprint density at radius 1 is 1.53 bits per heavy atom. The van der Waals surface area contributed by atoms with Gasteiger partial charge in [-0.15, -0.1) is 0 Å². The molecule has 1 fully saturated rings. The highest BCUT2D eigenvalue weighted by Gasteiger charge is 2.17. The van der Waals surface area contributed by atoms with Gasteiger partial charge < -0.3 is 24.3 Å². The second-order valence-electron chi connectivity index (χ2n) is 5.14. The van der Waals surface area contributed by atoms with Crippen molar-refractivity contribution < 1.29 is 9.47 Å². The van der Waals surface area contributed by atoms with Crippen LogP contribution < -0.4 is 5.32 Å². The molecule has 5 heteroatoms. The Balaban J connectivity index is 1.73. The highest BCUT2D eigenvalue weighted by Crippen LogP contribution is 2.08. The Kier molecular flexibility index (Phi) is 5.85. The van der Waals surface area contributed by atoms with Gasteiger partial charge in [0.2, 0.25) is 0 Å². The lowest BCUT2D eigenvalue weighted by Crippen LogP contribution is -2.41. The number of nitrogens with zero attached hydrogens (tertiary/aromatic N) is 2. The molecule has 19 heavy (non-hydrogen) atoms. The molecule has 2 heterocycles. The number of rotatable bonds is 7. The molecule has 0 spiro atoms. The van der Waals surface area contributed by atoms with E-state index in [-0.39, 0.29) is 0 Å². The summed E-state index contributed by atoms with van der Waals surface area (Å²) >= 11 is 0. The van der Waals surface area contributed by atoms with Crippen molar-refractivity contribution >= 4 is 0 Å². The van der Waals surface area contributed by atoms with Gasteiger partial charge in [0.15, 0.2) is 0 Å². The third-order valence-corrected chi connectivity index (χ3v) is 3.38. The van der Waals surface area contributed by atoms with Gasteiger partial charge in [0.05, 0.1) is 19.3 Å². The standard InChI is InChI=1S/C14H25N3O2/c1-16-6-8-19-14(11-16)12-17-5-3-13(10-17)9-15-4-7-18-2/h3,5,10,14-15H,4,6-9,11-12H2,1-2H3. The Labute approximate surface area is 115 Å². The number of methoxy groups -OCH3 is 1. The number of likely N-dealkylation sites (N-methyl/N-ethyl adjacent to an activating group) is 1. The lowest BCUT2D eigenvalue weighted by Gasteiger charge is -2.30. The molecule has 0 radical (unpaired) electrons. The third-order valence-electron chi connectivity index (χ3n) is 3.38. The predicted octanol–water partition coefficient (Wildman–Crippen LogP) is 0.555. The van der Waals surface area contributed by atoms with Gasteiger partial charge in [-0.2, -0.15) is 0 Å². The molecule has 5 nitrogen and oxygen atoms in total. The van der Waals surface area contributed by atoms with Crippen molar-refractivity contribution in [2.75, 3.05) is 47.0 Å². The van der Waals surface area contributed by atoms with Crippen molar-refractivity contribution in [2.45, 2.75) is 19.2 Å². The average Bonchev–Trinajstić information content (AvgIpc) is 2.82. The molecule has 1 N–H and O–H groups in total. The number of morpholine rings is 1. The van der Waals surface area contributed by atoms with Crippen molar-refractivity contribution in [1.82, 2.24) is 14.8 Å². The van der Waals surface area contributed by atoms with Gasteiger partial charge in [0, 0.05) is 52.2 Å². The molecule has 0 amide bonds. The van der Waals surface area contributed by atoms with E-state index in [0.717, 1.165) is 45.9 Å². The zero-order valence-electron chi connectivity index (χ0n) is 12.0. The first kappa shape index (κ1) is 14.5. The normalized spacial score (nSPS) is 20.8. The molecule has 1 saturated heterocycles. The minimum atomic E-state index is 0.306. The minimum Gasteiger partial charge on any atom is -0.383 e. The van der Waals surface area contributed by atoms with Gasteiger partial charge in [-0.05, 0) is 18.7 Å². The Bertz CT molecular complexity index is 367. The van der Waals surface area contributed by atoms with Crippen LogP contribution >= 0.6 is 0 Å². The summed E-state index contributed by atoms with van der Waals surface area (Å²) in [5, 5.41) is 3.35. The highest BCUT2D eigenvalue weighted by atomic mass is 16.5. The van der Waals surface area contributed by atoms with Crippen molar-refractivity contribution in [3.05, 3.63) is 24.0 Å². The minimum absolute atomic E-state index is 0.306. The zero-order valence-corrected chi connectivity index (χ0v) is 12.0. The Hall–Kier alpha value is -0.880. The third kappa shape index (κ3) is 4.95. The van der Waals surface area contributed by atoms with Crippen molar-refractivity contribution in [3.8, 4) is 0 Å². The molecule has 1 aliphatic rings. The second kappa shape index (κ2) is 7.65. The molecular formula is C14H25N3O2. The van der Waals surface area contributed by atoms with Crippen LogP contribution in [0.4, 0.5) is 0 Å². The second-order valence-corrected chi connectivity index (χ2v) is 5.14. The van der Waals surface area contributed by atoms with E-state index in [1.165, 1.54) is 5.56 Å². The number of aromatic nitrogens is 1. The van der Waals surface area contributed by atoms with Gasteiger partial charge in [0.25, 0.3) is 0 Å². The molecular weight excluding hydrogens is 242 g/mol. The summed E-state index contributed by atoms with van der Waals surface area (Å²) in [5.41, 5.74) is 1.31. The van der Waals surface area contributed by atoms with Crippen LogP contribution in [0.2, 0.25) is 0 Å². The largest absolute Gasteiger partial charge is 0.383 e. The van der Waals surface area contributed by atoms with E-state index in [1.54, 1.807) is 7.11 Å². The molecule has 1 aliphatic heterocycles. The molecule has 0 saturated carbocycles. The van der Waals surface area contributed by atoms with Crippen LogP contribution in [0.1, 0.15) is 5.56 Å². The average molecular weight is 267 g/mol. The van der Waals surface area contributed by atoms with Crippen molar-refractivity contribution in [1.29, 1.82) is 0 Å². The first-order valence-corrected chi connectivity index (χ1v) is 6.92.